The Balaban J connectivity index is 2.65. The molecule has 0 unspecified atom stereocenters. The summed E-state index contributed by atoms with van der Waals surface area (Å²) in [7, 11) is 0. The lowest BCUT2D eigenvalue weighted by atomic mass is 10.4. The van der Waals surface area contributed by atoms with Gasteiger partial charge in [-0.25, -0.2) is 4.79 Å². The highest BCUT2D eigenvalue weighted by Crippen LogP contribution is 1.95. The van der Waals surface area contributed by atoms with E-state index >= 15 is 0 Å². The molecule has 1 aromatic rings. The minimum absolute atomic E-state index is 0.0396. The Morgan fingerprint density at radius 2 is 2.21 bits per heavy atom. The lowest BCUT2D eigenvalue weighted by Gasteiger charge is -2.08. The Morgan fingerprint density at radius 3 is 2.79 bits per heavy atom. The first kappa shape index (κ1) is 10.3. The van der Waals surface area contributed by atoms with Crippen molar-refractivity contribution in [2.45, 2.75) is 19.9 Å². The van der Waals surface area contributed by atoms with Crippen LogP contribution in [0.2, 0.25) is 0 Å². The molecule has 0 spiro atoms. The van der Waals surface area contributed by atoms with Gasteiger partial charge in [-0.2, -0.15) is 0 Å². The van der Waals surface area contributed by atoms with Crippen LogP contribution in [0.5, 0.6) is 0 Å². The van der Waals surface area contributed by atoms with Gasteiger partial charge in [0.05, 0.1) is 0 Å². The standard InChI is InChI=1S/C9H13N3O2/c1-6(2)11-9(14)12-7-4-3-5-10-8(7)13/h3-6H,1-2H3,(H,10,13)(H2,11,12,14). The van der Waals surface area contributed by atoms with E-state index in [-0.39, 0.29) is 23.3 Å². The van der Waals surface area contributed by atoms with Gasteiger partial charge in [0.2, 0.25) is 0 Å². The number of amides is 2. The van der Waals surface area contributed by atoms with E-state index in [1.807, 2.05) is 13.8 Å². The van der Waals surface area contributed by atoms with Gasteiger partial charge in [-0.3, -0.25) is 4.79 Å². The molecule has 0 atom stereocenters. The molecule has 5 heteroatoms. The smallest absolute Gasteiger partial charge is 0.319 e. The first-order valence-electron chi connectivity index (χ1n) is 4.35. The molecule has 76 valence electrons. The van der Waals surface area contributed by atoms with E-state index in [2.05, 4.69) is 15.6 Å². The summed E-state index contributed by atoms with van der Waals surface area (Å²) in [6, 6.07) is 2.85. The quantitative estimate of drug-likeness (QED) is 0.656. The summed E-state index contributed by atoms with van der Waals surface area (Å²) < 4.78 is 0. The second-order valence-electron chi connectivity index (χ2n) is 3.17. The number of nitrogens with one attached hydrogen (secondary N) is 3. The van der Waals surface area contributed by atoms with E-state index in [1.54, 1.807) is 12.1 Å². The van der Waals surface area contributed by atoms with Crippen LogP contribution in [0.3, 0.4) is 0 Å². The second-order valence-corrected chi connectivity index (χ2v) is 3.17. The predicted octanol–water partition coefficient (Wildman–Crippen LogP) is 0.905. The van der Waals surface area contributed by atoms with Crippen LogP contribution in [-0.2, 0) is 0 Å². The van der Waals surface area contributed by atoms with Crippen LogP contribution in [-0.4, -0.2) is 17.1 Å². The van der Waals surface area contributed by atoms with E-state index in [0.29, 0.717) is 0 Å². The molecule has 0 aliphatic carbocycles. The maximum Gasteiger partial charge on any atom is 0.319 e. The highest BCUT2D eigenvalue weighted by molar-refractivity contribution is 5.89. The van der Waals surface area contributed by atoms with Gasteiger partial charge in [-0.05, 0) is 26.0 Å². The van der Waals surface area contributed by atoms with E-state index in [4.69, 9.17) is 0 Å². The summed E-state index contributed by atoms with van der Waals surface area (Å²) >= 11 is 0. The molecule has 0 aromatic carbocycles. The summed E-state index contributed by atoms with van der Waals surface area (Å²) in [5.74, 6) is 0. The minimum atomic E-state index is -0.378. The number of H-pyrrole nitrogens is 1. The summed E-state index contributed by atoms with van der Waals surface area (Å²) in [5, 5.41) is 5.06. The molecule has 1 rings (SSSR count). The normalized spacial score (nSPS) is 9.93. The minimum Gasteiger partial charge on any atom is -0.336 e. The number of pyridine rings is 1. The number of aromatic amines is 1. The van der Waals surface area contributed by atoms with Crippen LogP contribution in [0.4, 0.5) is 10.5 Å². The Hall–Kier alpha value is -1.78. The van der Waals surface area contributed by atoms with Crippen LogP contribution >= 0.6 is 0 Å². The third-order valence-electron chi connectivity index (χ3n) is 1.49. The average Bonchev–Trinajstić information content (AvgIpc) is 2.07. The molecule has 0 saturated carbocycles. The van der Waals surface area contributed by atoms with Crippen molar-refractivity contribution in [2.24, 2.45) is 0 Å². The van der Waals surface area contributed by atoms with Gasteiger partial charge in [0.1, 0.15) is 5.69 Å². The number of hydrogen-bond acceptors (Lipinski definition) is 2. The molecule has 14 heavy (non-hydrogen) atoms. The van der Waals surface area contributed by atoms with Crippen molar-refractivity contribution in [3.63, 3.8) is 0 Å². The molecule has 2 amide bonds. The second kappa shape index (κ2) is 4.45. The molecule has 0 aliphatic rings. The third kappa shape index (κ3) is 2.93. The van der Waals surface area contributed by atoms with Crippen LogP contribution in [0.15, 0.2) is 23.1 Å². The van der Waals surface area contributed by atoms with Gasteiger partial charge in [-0.15, -0.1) is 0 Å². The average molecular weight is 195 g/mol. The van der Waals surface area contributed by atoms with E-state index in [1.165, 1.54) is 6.20 Å². The van der Waals surface area contributed by atoms with Crippen molar-refractivity contribution >= 4 is 11.7 Å². The summed E-state index contributed by atoms with van der Waals surface area (Å²) in [5.41, 5.74) is -0.0722. The Labute approximate surface area is 81.5 Å². The van der Waals surface area contributed by atoms with Gasteiger partial charge in [0.15, 0.2) is 0 Å². The molecule has 1 aromatic heterocycles. The molecule has 5 nitrogen and oxygen atoms in total. The maximum atomic E-state index is 11.2. The summed E-state index contributed by atoms with van der Waals surface area (Å²) in [6.45, 7) is 3.68. The van der Waals surface area contributed by atoms with Crippen LogP contribution < -0.4 is 16.2 Å². The lowest BCUT2D eigenvalue weighted by Crippen LogP contribution is -2.35. The maximum absolute atomic E-state index is 11.2. The molecule has 0 fully saturated rings. The van der Waals surface area contributed by atoms with E-state index in [0.717, 1.165) is 0 Å². The van der Waals surface area contributed by atoms with E-state index < -0.39 is 0 Å². The molecular formula is C9H13N3O2. The largest absolute Gasteiger partial charge is 0.336 e. The molecule has 0 aliphatic heterocycles. The SMILES string of the molecule is CC(C)NC(=O)Nc1ccc[nH]c1=O. The fraction of sp³-hybridized carbons (Fsp3) is 0.333. The predicted molar refractivity (Wildman–Crippen MR) is 54.4 cm³/mol. The van der Waals surface area contributed by atoms with Crippen molar-refractivity contribution in [3.8, 4) is 0 Å². The highest BCUT2D eigenvalue weighted by Gasteiger charge is 2.04. The molecule has 1 heterocycles. The fourth-order valence-electron chi connectivity index (χ4n) is 0.941. The number of rotatable bonds is 2. The lowest BCUT2D eigenvalue weighted by molar-refractivity contribution is 0.250. The Morgan fingerprint density at radius 1 is 1.50 bits per heavy atom. The van der Waals surface area contributed by atoms with Gasteiger partial charge in [0, 0.05) is 12.2 Å². The number of carbonyl (C=O) groups is 1. The van der Waals surface area contributed by atoms with Crippen molar-refractivity contribution in [2.75, 3.05) is 5.32 Å². The van der Waals surface area contributed by atoms with Gasteiger partial charge < -0.3 is 15.6 Å². The van der Waals surface area contributed by atoms with Gasteiger partial charge in [0.25, 0.3) is 5.56 Å². The Kier molecular flexibility index (Phi) is 3.28. The molecule has 3 N–H and O–H groups in total. The third-order valence-corrected chi connectivity index (χ3v) is 1.49. The number of aromatic nitrogens is 1. The molecule has 0 saturated heterocycles. The number of anilines is 1. The fourth-order valence-corrected chi connectivity index (χ4v) is 0.941. The highest BCUT2D eigenvalue weighted by atomic mass is 16.2. The van der Waals surface area contributed by atoms with Crippen LogP contribution in [0, 0.1) is 0 Å². The molecule has 0 bridgehead atoms. The molecule has 0 radical (unpaired) electrons. The van der Waals surface area contributed by atoms with Crippen LogP contribution in [0.1, 0.15) is 13.8 Å². The van der Waals surface area contributed by atoms with Crippen molar-refractivity contribution in [1.29, 1.82) is 0 Å². The summed E-state index contributed by atoms with van der Waals surface area (Å²) in [6.07, 6.45) is 1.51. The Bertz CT molecular complexity index is 370. The van der Waals surface area contributed by atoms with Gasteiger partial charge >= 0.3 is 6.03 Å². The zero-order chi connectivity index (χ0) is 10.6. The summed E-state index contributed by atoms with van der Waals surface area (Å²) in [4.78, 5) is 24.8. The van der Waals surface area contributed by atoms with Crippen molar-refractivity contribution in [3.05, 3.63) is 28.7 Å². The van der Waals surface area contributed by atoms with Crippen LogP contribution in [0.25, 0.3) is 0 Å². The monoisotopic (exact) mass is 195 g/mol. The van der Waals surface area contributed by atoms with Gasteiger partial charge in [-0.1, -0.05) is 0 Å². The zero-order valence-electron chi connectivity index (χ0n) is 8.13. The zero-order valence-corrected chi connectivity index (χ0v) is 8.13. The number of urea groups is 1. The molecular weight excluding hydrogens is 182 g/mol. The van der Waals surface area contributed by atoms with Crippen molar-refractivity contribution < 1.29 is 4.79 Å². The van der Waals surface area contributed by atoms with Crippen molar-refractivity contribution in [1.82, 2.24) is 10.3 Å². The van der Waals surface area contributed by atoms with E-state index in [9.17, 15) is 9.59 Å². The number of carbonyl (C=O) groups excluding carboxylic acids is 1. The topological polar surface area (TPSA) is 74.0 Å². The number of hydrogen-bond donors (Lipinski definition) is 3. The first-order chi connectivity index (χ1) is 6.59. The first-order valence-corrected chi connectivity index (χ1v) is 4.35.